The second kappa shape index (κ2) is 5.31. The molecule has 0 aliphatic rings. The zero-order chi connectivity index (χ0) is 14.1. The number of nitrogens with zero attached hydrogens (tertiary/aromatic N) is 1. The molecule has 2 aromatic carbocycles. The molecule has 0 saturated heterocycles. The molecule has 0 saturated carbocycles. The molecule has 20 heavy (non-hydrogen) atoms. The van der Waals surface area contributed by atoms with Gasteiger partial charge >= 0.3 is 0 Å². The third kappa shape index (κ3) is 2.44. The third-order valence-corrected chi connectivity index (χ3v) is 3.67. The number of aromatic nitrogens is 1. The number of halogens is 2. The summed E-state index contributed by atoms with van der Waals surface area (Å²) in [6.07, 6.45) is 2.54. The summed E-state index contributed by atoms with van der Waals surface area (Å²) in [7, 11) is 0. The maximum atomic E-state index is 13.5. The van der Waals surface area contributed by atoms with Crippen molar-refractivity contribution in [1.82, 2.24) is 4.98 Å². The minimum Gasteiger partial charge on any atom is -0.384 e. The minimum atomic E-state index is -0.881. The first-order valence-corrected chi connectivity index (χ1v) is 6.91. The monoisotopic (exact) mass is 331 g/mol. The standard InChI is InChI=1S/C16H11BrFNO/c17-12-6-11(7-13(18)8-12)16(20)15-3-1-2-10-9-19-5-4-14(10)15/h1-9,16,20H. The highest BCUT2D eigenvalue weighted by Gasteiger charge is 2.14. The summed E-state index contributed by atoms with van der Waals surface area (Å²) in [4.78, 5) is 4.07. The van der Waals surface area contributed by atoms with Crippen molar-refractivity contribution >= 4 is 26.7 Å². The second-order valence-corrected chi connectivity index (χ2v) is 5.47. The molecule has 0 aliphatic carbocycles. The summed E-state index contributed by atoms with van der Waals surface area (Å²) in [6, 6.07) is 11.9. The van der Waals surface area contributed by atoms with Crippen LogP contribution in [0.2, 0.25) is 0 Å². The highest BCUT2D eigenvalue weighted by molar-refractivity contribution is 9.10. The van der Waals surface area contributed by atoms with E-state index in [0.717, 1.165) is 16.3 Å². The molecule has 100 valence electrons. The largest absolute Gasteiger partial charge is 0.384 e. The van der Waals surface area contributed by atoms with Crippen molar-refractivity contribution < 1.29 is 9.50 Å². The van der Waals surface area contributed by atoms with Crippen LogP contribution in [0.1, 0.15) is 17.2 Å². The predicted octanol–water partition coefficient (Wildman–Crippen LogP) is 4.22. The zero-order valence-electron chi connectivity index (χ0n) is 10.4. The van der Waals surface area contributed by atoms with Crippen LogP contribution in [0, 0.1) is 5.82 Å². The van der Waals surface area contributed by atoms with Crippen LogP contribution in [0.4, 0.5) is 4.39 Å². The Labute approximate surface area is 124 Å². The summed E-state index contributed by atoms with van der Waals surface area (Å²) in [5, 5.41) is 12.4. The van der Waals surface area contributed by atoms with Crippen molar-refractivity contribution in [2.45, 2.75) is 6.10 Å². The molecule has 1 N–H and O–H groups in total. The molecule has 4 heteroatoms. The molecule has 1 aromatic heterocycles. The Bertz CT molecular complexity index is 750. The van der Waals surface area contributed by atoms with E-state index in [-0.39, 0.29) is 5.82 Å². The van der Waals surface area contributed by atoms with Crippen molar-refractivity contribution in [1.29, 1.82) is 0 Å². The van der Waals surface area contributed by atoms with Crippen LogP contribution in [-0.4, -0.2) is 10.1 Å². The smallest absolute Gasteiger partial charge is 0.124 e. The molecule has 0 bridgehead atoms. The Morgan fingerprint density at radius 3 is 2.80 bits per heavy atom. The van der Waals surface area contributed by atoms with Crippen LogP contribution in [0.5, 0.6) is 0 Å². The van der Waals surface area contributed by atoms with Crippen LogP contribution in [0.15, 0.2) is 59.3 Å². The predicted molar refractivity (Wildman–Crippen MR) is 79.9 cm³/mol. The van der Waals surface area contributed by atoms with Gasteiger partial charge in [0.25, 0.3) is 0 Å². The van der Waals surface area contributed by atoms with E-state index in [9.17, 15) is 9.50 Å². The summed E-state index contributed by atoms with van der Waals surface area (Å²) in [5.74, 6) is -0.379. The highest BCUT2D eigenvalue weighted by Crippen LogP contribution is 2.30. The molecule has 3 rings (SSSR count). The average Bonchev–Trinajstić information content (AvgIpc) is 2.45. The van der Waals surface area contributed by atoms with E-state index < -0.39 is 6.10 Å². The summed E-state index contributed by atoms with van der Waals surface area (Å²) >= 11 is 3.24. The fourth-order valence-corrected chi connectivity index (χ4v) is 2.78. The number of hydrogen-bond acceptors (Lipinski definition) is 2. The van der Waals surface area contributed by atoms with Gasteiger partial charge in [0.15, 0.2) is 0 Å². The summed E-state index contributed by atoms with van der Waals surface area (Å²) < 4.78 is 14.1. The molecule has 3 aromatic rings. The van der Waals surface area contributed by atoms with Gasteiger partial charge in [0, 0.05) is 22.3 Å². The fraction of sp³-hybridized carbons (Fsp3) is 0.0625. The quantitative estimate of drug-likeness (QED) is 0.762. The van der Waals surface area contributed by atoms with Crippen LogP contribution in [0.25, 0.3) is 10.8 Å². The molecule has 2 nitrogen and oxygen atoms in total. The van der Waals surface area contributed by atoms with Gasteiger partial charge in [-0.05, 0) is 40.8 Å². The molecule has 1 atom stereocenters. The van der Waals surface area contributed by atoms with Gasteiger partial charge in [0.1, 0.15) is 11.9 Å². The van der Waals surface area contributed by atoms with Crippen molar-refractivity contribution in [2.24, 2.45) is 0 Å². The van der Waals surface area contributed by atoms with E-state index in [2.05, 4.69) is 20.9 Å². The van der Waals surface area contributed by atoms with Crippen LogP contribution in [0.3, 0.4) is 0 Å². The van der Waals surface area contributed by atoms with Gasteiger partial charge in [-0.3, -0.25) is 4.98 Å². The van der Waals surface area contributed by atoms with E-state index in [1.807, 2.05) is 24.3 Å². The number of aliphatic hydroxyl groups is 1. The molecule has 0 amide bonds. The fourth-order valence-electron chi connectivity index (χ4n) is 2.30. The number of rotatable bonds is 2. The number of benzene rings is 2. The van der Waals surface area contributed by atoms with Crippen molar-refractivity contribution in [3.05, 3.63) is 76.3 Å². The van der Waals surface area contributed by atoms with Gasteiger partial charge in [0.05, 0.1) is 0 Å². The number of aliphatic hydroxyl groups excluding tert-OH is 1. The van der Waals surface area contributed by atoms with E-state index in [1.54, 1.807) is 18.5 Å². The second-order valence-electron chi connectivity index (χ2n) is 4.55. The maximum Gasteiger partial charge on any atom is 0.124 e. The van der Waals surface area contributed by atoms with Gasteiger partial charge in [-0.2, -0.15) is 0 Å². The number of fused-ring (bicyclic) bond motifs is 1. The summed E-state index contributed by atoms with van der Waals surface area (Å²) in [5.41, 5.74) is 1.25. The number of hydrogen-bond donors (Lipinski definition) is 1. The molecule has 0 radical (unpaired) electrons. The topological polar surface area (TPSA) is 33.1 Å². The van der Waals surface area contributed by atoms with Crippen LogP contribution >= 0.6 is 15.9 Å². The van der Waals surface area contributed by atoms with Crippen molar-refractivity contribution in [3.8, 4) is 0 Å². The van der Waals surface area contributed by atoms with E-state index in [4.69, 9.17) is 0 Å². The lowest BCUT2D eigenvalue weighted by molar-refractivity contribution is 0.221. The highest BCUT2D eigenvalue weighted by atomic mass is 79.9. The SMILES string of the molecule is OC(c1cc(F)cc(Br)c1)c1cccc2cnccc12. The van der Waals surface area contributed by atoms with Crippen LogP contribution in [-0.2, 0) is 0 Å². The van der Waals surface area contributed by atoms with E-state index in [1.165, 1.54) is 12.1 Å². The first-order chi connectivity index (χ1) is 9.65. The first-order valence-electron chi connectivity index (χ1n) is 6.12. The Morgan fingerprint density at radius 2 is 2.00 bits per heavy atom. The molecule has 0 fully saturated rings. The third-order valence-electron chi connectivity index (χ3n) is 3.21. The van der Waals surface area contributed by atoms with Crippen LogP contribution < -0.4 is 0 Å². The Hall–Kier alpha value is -1.78. The van der Waals surface area contributed by atoms with Gasteiger partial charge in [-0.15, -0.1) is 0 Å². The Kier molecular flexibility index (Phi) is 3.51. The number of pyridine rings is 1. The zero-order valence-corrected chi connectivity index (χ0v) is 12.0. The average molecular weight is 332 g/mol. The van der Waals surface area contributed by atoms with E-state index >= 15 is 0 Å². The van der Waals surface area contributed by atoms with Crippen molar-refractivity contribution in [2.75, 3.05) is 0 Å². The Morgan fingerprint density at radius 1 is 1.15 bits per heavy atom. The Balaban J connectivity index is 2.15. The lowest BCUT2D eigenvalue weighted by Crippen LogP contribution is -2.01. The van der Waals surface area contributed by atoms with Gasteiger partial charge in [0.2, 0.25) is 0 Å². The molecule has 0 aliphatic heterocycles. The van der Waals surface area contributed by atoms with Gasteiger partial charge in [-0.1, -0.05) is 34.1 Å². The van der Waals surface area contributed by atoms with E-state index in [0.29, 0.717) is 10.0 Å². The molecular weight excluding hydrogens is 321 g/mol. The lowest BCUT2D eigenvalue weighted by atomic mass is 9.97. The maximum absolute atomic E-state index is 13.5. The van der Waals surface area contributed by atoms with Gasteiger partial charge in [-0.25, -0.2) is 4.39 Å². The molecule has 0 spiro atoms. The normalized spacial score (nSPS) is 12.6. The molecular formula is C16H11BrFNO. The lowest BCUT2D eigenvalue weighted by Gasteiger charge is -2.14. The summed E-state index contributed by atoms with van der Waals surface area (Å²) in [6.45, 7) is 0. The van der Waals surface area contributed by atoms with Crippen molar-refractivity contribution in [3.63, 3.8) is 0 Å². The van der Waals surface area contributed by atoms with Gasteiger partial charge < -0.3 is 5.11 Å². The molecule has 1 unspecified atom stereocenters. The minimum absolute atomic E-state index is 0.379. The first kappa shape index (κ1) is 13.2. The molecule has 1 heterocycles.